The SMILES string of the molecule is Cc1ccc2oc(-c3ccc(NC(=O)c4ccc(C(C)(C)C)cc4)c(C)c3)nc2c1. The van der Waals surface area contributed by atoms with Gasteiger partial charge in [0.1, 0.15) is 5.52 Å². The van der Waals surface area contributed by atoms with E-state index in [9.17, 15) is 4.79 Å². The minimum absolute atomic E-state index is 0.0603. The number of aryl methyl sites for hydroxylation is 2. The van der Waals surface area contributed by atoms with Crippen molar-refractivity contribution in [2.45, 2.75) is 40.0 Å². The second kappa shape index (κ2) is 7.45. The maximum Gasteiger partial charge on any atom is 0.255 e. The molecule has 4 aromatic rings. The lowest BCUT2D eigenvalue weighted by Gasteiger charge is -2.19. The van der Waals surface area contributed by atoms with E-state index < -0.39 is 0 Å². The molecular formula is C26H26N2O2. The molecule has 0 saturated heterocycles. The van der Waals surface area contributed by atoms with E-state index in [0.29, 0.717) is 11.5 Å². The summed E-state index contributed by atoms with van der Waals surface area (Å²) < 4.78 is 5.89. The molecule has 0 saturated carbocycles. The molecule has 30 heavy (non-hydrogen) atoms. The minimum Gasteiger partial charge on any atom is -0.436 e. The summed E-state index contributed by atoms with van der Waals surface area (Å²) in [5.41, 5.74) is 7.27. The third-order valence-electron chi connectivity index (χ3n) is 5.28. The van der Waals surface area contributed by atoms with Crippen LogP contribution in [0, 0.1) is 13.8 Å². The number of rotatable bonds is 3. The van der Waals surface area contributed by atoms with Gasteiger partial charge in [0, 0.05) is 16.8 Å². The molecule has 0 atom stereocenters. The number of benzene rings is 3. The molecule has 1 aromatic heterocycles. The molecule has 0 spiro atoms. The largest absolute Gasteiger partial charge is 0.436 e. The van der Waals surface area contributed by atoms with Crippen LogP contribution in [0.15, 0.2) is 65.1 Å². The molecule has 1 N–H and O–H groups in total. The van der Waals surface area contributed by atoms with Crippen LogP contribution in [-0.2, 0) is 5.41 Å². The first-order valence-corrected chi connectivity index (χ1v) is 10.1. The molecule has 0 aliphatic heterocycles. The second-order valence-electron chi connectivity index (χ2n) is 8.80. The minimum atomic E-state index is -0.122. The maximum absolute atomic E-state index is 12.7. The van der Waals surface area contributed by atoms with E-state index in [-0.39, 0.29) is 11.3 Å². The highest BCUT2D eigenvalue weighted by Crippen LogP contribution is 2.28. The fourth-order valence-electron chi connectivity index (χ4n) is 3.41. The highest BCUT2D eigenvalue weighted by Gasteiger charge is 2.15. The molecule has 0 aliphatic carbocycles. The van der Waals surface area contributed by atoms with E-state index in [1.54, 1.807) is 0 Å². The average Bonchev–Trinajstić information content (AvgIpc) is 3.12. The molecule has 1 amide bonds. The zero-order chi connectivity index (χ0) is 21.5. The second-order valence-corrected chi connectivity index (χ2v) is 8.80. The van der Waals surface area contributed by atoms with Gasteiger partial charge in [-0.1, -0.05) is 39.0 Å². The van der Waals surface area contributed by atoms with Crippen molar-refractivity contribution in [1.29, 1.82) is 0 Å². The zero-order valence-corrected chi connectivity index (χ0v) is 18.0. The topological polar surface area (TPSA) is 55.1 Å². The number of nitrogens with zero attached hydrogens (tertiary/aromatic N) is 1. The number of carbonyl (C=O) groups excluding carboxylic acids is 1. The predicted molar refractivity (Wildman–Crippen MR) is 122 cm³/mol. The lowest BCUT2D eigenvalue weighted by atomic mass is 9.86. The first kappa shape index (κ1) is 19.9. The van der Waals surface area contributed by atoms with E-state index >= 15 is 0 Å². The Morgan fingerprint density at radius 1 is 0.933 bits per heavy atom. The molecule has 0 fully saturated rings. The van der Waals surface area contributed by atoms with Crippen molar-refractivity contribution >= 4 is 22.7 Å². The highest BCUT2D eigenvalue weighted by molar-refractivity contribution is 6.04. The smallest absolute Gasteiger partial charge is 0.255 e. The molecule has 152 valence electrons. The van der Waals surface area contributed by atoms with Crippen molar-refractivity contribution in [3.05, 3.63) is 82.9 Å². The van der Waals surface area contributed by atoms with Gasteiger partial charge in [0.25, 0.3) is 5.91 Å². The summed E-state index contributed by atoms with van der Waals surface area (Å²) in [4.78, 5) is 17.3. The number of anilines is 1. The Labute approximate surface area is 177 Å². The number of oxazole rings is 1. The fraction of sp³-hybridized carbons (Fsp3) is 0.231. The standard InChI is InChI=1S/C26H26N2O2/c1-16-6-13-23-22(14-16)28-25(30-23)19-9-12-21(17(2)15-19)27-24(29)18-7-10-20(11-8-18)26(3,4)5/h6-15H,1-5H3,(H,27,29). The van der Waals surface area contributed by atoms with Gasteiger partial charge in [-0.15, -0.1) is 0 Å². The van der Waals surface area contributed by atoms with Crippen molar-refractivity contribution in [2.75, 3.05) is 5.32 Å². The van der Waals surface area contributed by atoms with Crippen LogP contribution in [0.2, 0.25) is 0 Å². The normalized spacial score (nSPS) is 11.6. The number of amides is 1. The Kier molecular flexibility index (Phi) is 4.94. The molecule has 4 rings (SSSR count). The molecule has 0 aliphatic rings. The number of hydrogen-bond donors (Lipinski definition) is 1. The maximum atomic E-state index is 12.7. The van der Waals surface area contributed by atoms with Gasteiger partial charge in [-0.3, -0.25) is 4.79 Å². The molecule has 0 bridgehead atoms. The Morgan fingerprint density at radius 3 is 2.33 bits per heavy atom. The predicted octanol–water partition coefficient (Wildman–Crippen LogP) is 6.66. The number of nitrogens with one attached hydrogen (secondary N) is 1. The van der Waals surface area contributed by atoms with Gasteiger partial charge in [-0.25, -0.2) is 4.98 Å². The molecule has 0 radical (unpaired) electrons. The Morgan fingerprint density at radius 2 is 1.67 bits per heavy atom. The first-order chi connectivity index (χ1) is 14.2. The zero-order valence-electron chi connectivity index (χ0n) is 18.0. The lowest BCUT2D eigenvalue weighted by molar-refractivity contribution is 0.102. The van der Waals surface area contributed by atoms with E-state index in [1.807, 2.05) is 74.5 Å². The van der Waals surface area contributed by atoms with Gasteiger partial charge in [0.15, 0.2) is 5.58 Å². The average molecular weight is 399 g/mol. The van der Waals surface area contributed by atoms with Crippen LogP contribution in [0.5, 0.6) is 0 Å². The molecule has 3 aromatic carbocycles. The van der Waals surface area contributed by atoms with Crippen LogP contribution in [0.3, 0.4) is 0 Å². The molecule has 4 nitrogen and oxygen atoms in total. The molecule has 4 heteroatoms. The first-order valence-electron chi connectivity index (χ1n) is 10.1. The number of fused-ring (bicyclic) bond motifs is 1. The molecule has 0 unspecified atom stereocenters. The quantitative estimate of drug-likeness (QED) is 0.420. The van der Waals surface area contributed by atoms with Gasteiger partial charge in [0.2, 0.25) is 5.89 Å². The monoisotopic (exact) mass is 398 g/mol. The van der Waals surface area contributed by atoms with Gasteiger partial charge in [0.05, 0.1) is 0 Å². The molecular weight excluding hydrogens is 372 g/mol. The number of hydrogen-bond acceptors (Lipinski definition) is 3. The van der Waals surface area contributed by atoms with Gasteiger partial charge in [-0.05, 0) is 78.4 Å². The van der Waals surface area contributed by atoms with Gasteiger partial charge >= 0.3 is 0 Å². The lowest BCUT2D eigenvalue weighted by Crippen LogP contribution is -2.14. The van der Waals surface area contributed by atoms with Crippen molar-refractivity contribution in [1.82, 2.24) is 4.98 Å². The van der Waals surface area contributed by atoms with Crippen LogP contribution in [-0.4, -0.2) is 10.9 Å². The van der Waals surface area contributed by atoms with Crippen LogP contribution < -0.4 is 5.32 Å². The Hall–Kier alpha value is -3.40. The Bertz CT molecular complexity index is 1230. The van der Waals surface area contributed by atoms with Crippen molar-refractivity contribution in [3.8, 4) is 11.5 Å². The summed E-state index contributed by atoms with van der Waals surface area (Å²) in [7, 11) is 0. The van der Waals surface area contributed by atoms with Gasteiger partial charge < -0.3 is 9.73 Å². The molecule has 1 heterocycles. The fourth-order valence-corrected chi connectivity index (χ4v) is 3.41. The van der Waals surface area contributed by atoms with E-state index in [0.717, 1.165) is 33.5 Å². The van der Waals surface area contributed by atoms with E-state index in [4.69, 9.17) is 4.42 Å². The summed E-state index contributed by atoms with van der Waals surface area (Å²) in [6.07, 6.45) is 0. The summed E-state index contributed by atoms with van der Waals surface area (Å²) in [5.74, 6) is 0.456. The third-order valence-corrected chi connectivity index (χ3v) is 5.28. The summed E-state index contributed by atoms with van der Waals surface area (Å²) in [5, 5.41) is 3.01. The number of carbonyl (C=O) groups is 1. The van der Waals surface area contributed by atoms with E-state index in [1.165, 1.54) is 5.56 Å². The van der Waals surface area contributed by atoms with Crippen molar-refractivity contribution in [3.63, 3.8) is 0 Å². The Balaban J connectivity index is 1.55. The van der Waals surface area contributed by atoms with Crippen LogP contribution in [0.25, 0.3) is 22.6 Å². The number of aromatic nitrogens is 1. The van der Waals surface area contributed by atoms with Crippen LogP contribution in [0.1, 0.15) is 47.8 Å². The summed E-state index contributed by atoms with van der Waals surface area (Å²) in [6, 6.07) is 19.5. The van der Waals surface area contributed by atoms with Crippen molar-refractivity contribution < 1.29 is 9.21 Å². The van der Waals surface area contributed by atoms with E-state index in [2.05, 4.69) is 31.1 Å². The van der Waals surface area contributed by atoms with Crippen LogP contribution in [0.4, 0.5) is 5.69 Å². The summed E-state index contributed by atoms with van der Waals surface area (Å²) in [6.45, 7) is 10.5. The van der Waals surface area contributed by atoms with Gasteiger partial charge in [-0.2, -0.15) is 0 Å². The third kappa shape index (κ3) is 3.99. The highest BCUT2D eigenvalue weighted by atomic mass is 16.3. The summed E-state index contributed by atoms with van der Waals surface area (Å²) >= 11 is 0. The van der Waals surface area contributed by atoms with Crippen LogP contribution >= 0.6 is 0 Å². The van der Waals surface area contributed by atoms with Crippen molar-refractivity contribution in [2.24, 2.45) is 0 Å².